The number of benzene rings is 1. The molecular formula is C26H36Cl2N2O3. The topological polar surface area (TPSA) is 71.5 Å². The van der Waals surface area contributed by atoms with Crippen molar-refractivity contribution >= 4 is 29.2 Å². The third-order valence-electron chi connectivity index (χ3n) is 5.53. The number of aryl methyl sites for hydroxylation is 1. The Hall–Kier alpha value is -1.82. The van der Waals surface area contributed by atoms with Gasteiger partial charge in [0.1, 0.15) is 12.5 Å². The molecule has 0 bridgehead atoms. The smallest absolute Gasteiger partial charge is 0.314 e. The molecule has 0 fully saturated rings. The van der Waals surface area contributed by atoms with Gasteiger partial charge in [0.05, 0.1) is 0 Å². The molecule has 7 heteroatoms. The molecule has 33 heavy (non-hydrogen) atoms. The average Bonchev–Trinajstić information content (AvgIpc) is 3.25. The minimum atomic E-state index is -2.20. The lowest BCUT2D eigenvalue weighted by Crippen LogP contribution is -2.15. The van der Waals surface area contributed by atoms with E-state index in [1.807, 2.05) is 0 Å². The van der Waals surface area contributed by atoms with Gasteiger partial charge in [0.25, 0.3) is 0 Å². The normalized spacial score (nSPS) is 16.0. The fourth-order valence-electron chi connectivity index (χ4n) is 3.63. The zero-order valence-electron chi connectivity index (χ0n) is 22.2. The molecule has 0 saturated carbocycles. The lowest BCUT2D eigenvalue weighted by molar-refractivity contribution is -0.138. The highest BCUT2D eigenvalue weighted by molar-refractivity contribution is 6.35. The molecule has 1 atom stereocenters. The number of aliphatic carboxylic acids is 1. The van der Waals surface area contributed by atoms with Crippen LogP contribution in [0.1, 0.15) is 85.0 Å². The zero-order chi connectivity index (χ0) is 26.6. The Morgan fingerprint density at radius 1 is 1.21 bits per heavy atom. The first-order valence-corrected chi connectivity index (χ1v) is 12.4. The van der Waals surface area contributed by atoms with Gasteiger partial charge in [0, 0.05) is 32.5 Å². The number of ether oxygens (including phenoxy) is 1. The van der Waals surface area contributed by atoms with Crippen molar-refractivity contribution in [2.45, 2.75) is 77.6 Å². The van der Waals surface area contributed by atoms with Crippen LogP contribution in [0.3, 0.4) is 0 Å². The first kappa shape index (κ1) is 22.9. The minimum Gasteiger partial charge on any atom is -0.481 e. The number of aromatic nitrogens is 1. The summed E-state index contributed by atoms with van der Waals surface area (Å²) in [6.45, 7) is 1.55. The van der Waals surface area contributed by atoms with Crippen LogP contribution in [0.15, 0.2) is 30.5 Å². The quantitative estimate of drug-likeness (QED) is 0.304. The summed E-state index contributed by atoms with van der Waals surface area (Å²) in [5.41, 5.74) is 1.54. The fraction of sp³-hybridized carbons (Fsp3) is 0.538. The second-order valence-corrected chi connectivity index (χ2v) is 9.01. The highest BCUT2D eigenvalue weighted by Gasteiger charge is 2.30. The van der Waals surface area contributed by atoms with Crippen LogP contribution in [-0.4, -0.2) is 29.2 Å². The third kappa shape index (κ3) is 9.52. The Morgan fingerprint density at radius 2 is 1.94 bits per heavy atom. The molecule has 0 aliphatic carbocycles. The van der Waals surface area contributed by atoms with Crippen molar-refractivity contribution in [1.82, 2.24) is 10.3 Å². The molecule has 1 aromatic heterocycles. The maximum Gasteiger partial charge on any atom is 0.314 e. The fourth-order valence-corrected chi connectivity index (χ4v) is 4.19. The first-order chi connectivity index (χ1) is 17.1. The number of fused-ring (bicyclic) bond motifs is 1. The summed E-state index contributed by atoms with van der Waals surface area (Å²) in [5.74, 6) is -0.958. The van der Waals surface area contributed by atoms with Crippen LogP contribution in [-0.2, 0) is 11.3 Å². The summed E-state index contributed by atoms with van der Waals surface area (Å²) >= 11 is 12.1. The highest BCUT2D eigenvalue weighted by atomic mass is 35.5. The van der Waals surface area contributed by atoms with Gasteiger partial charge in [-0.3, -0.25) is 4.79 Å². The van der Waals surface area contributed by atoms with Crippen molar-refractivity contribution in [3.63, 3.8) is 0 Å². The molecule has 3 rings (SSSR count). The van der Waals surface area contributed by atoms with E-state index in [1.165, 1.54) is 51.0 Å². The summed E-state index contributed by atoms with van der Waals surface area (Å²) in [7, 11) is 0. The Bertz CT molecular complexity index is 974. The van der Waals surface area contributed by atoms with Crippen molar-refractivity contribution in [3.05, 3.63) is 57.2 Å². The van der Waals surface area contributed by atoms with E-state index >= 15 is 0 Å². The van der Waals surface area contributed by atoms with Crippen LogP contribution >= 0.6 is 23.2 Å². The standard InChI is InChI=1S/C18H29Cl2N.C8H7NO3/c1-3-4-5-6-7-8-9-10-11-21-14-17-15(2)12-16(19)13-18(17)20;10-8(11)6-4-12-7-5(6)2-1-3-9-7/h12-13,21H,3-11,14H2,1-2H3;1-3,6H,4H2,(H,10,11)/t;6-/m.0/s1/i2D3;. The summed E-state index contributed by atoms with van der Waals surface area (Å²) in [4.78, 5) is 14.6. The van der Waals surface area contributed by atoms with E-state index in [4.69, 9.17) is 37.2 Å². The molecule has 2 heterocycles. The van der Waals surface area contributed by atoms with Gasteiger partial charge in [0.2, 0.25) is 5.88 Å². The summed E-state index contributed by atoms with van der Waals surface area (Å²) < 4.78 is 28.0. The first-order valence-electron chi connectivity index (χ1n) is 13.1. The van der Waals surface area contributed by atoms with Gasteiger partial charge in [-0.2, -0.15) is 0 Å². The number of carbonyl (C=O) groups is 1. The van der Waals surface area contributed by atoms with E-state index in [0.717, 1.165) is 13.0 Å². The second-order valence-electron chi connectivity index (χ2n) is 8.16. The molecule has 0 spiro atoms. The van der Waals surface area contributed by atoms with Crippen molar-refractivity contribution < 1.29 is 18.8 Å². The summed E-state index contributed by atoms with van der Waals surface area (Å²) in [6.07, 6.45) is 11.8. The van der Waals surface area contributed by atoms with Crippen LogP contribution in [0.4, 0.5) is 0 Å². The number of unbranched alkanes of at least 4 members (excludes halogenated alkanes) is 7. The number of nitrogens with zero attached hydrogens (tertiary/aromatic N) is 1. The highest BCUT2D eigenvalue weighted by Crippen LogP contribution is 2.31. The molecule has 2 N–H and O–H groups in total. The molecular weight excluding hydrogens is 459 g/mol. The number of hydrogen-bond donors (Lipinski definition) is 2. The van der Waals surface area contributed by atoms with Crippen LogP contribution in [0.25, 0.3) is 0 Å². The molecule has 182 valence electrons. The number of carboxylic acids is 1. The monoisotopic (exact) mass is 497 g/mol. The Balaban J connectivity index is 0.000000313. The predicted molar refractivity (Wildman–Crippen MR) is 136 cm³/mol. The van der Waals surface area contributed by atoms with Crippen LogP contribution in [0.5, 0.6) is 5.88 Å². The van der Waals surface area contributed by atoms with E-state index in [2.05, 4.69) is 17.2 Å². The van der Waals surface area contributed by atoms with E-state index in [1.54, 1.807) is 24.4 Å². The SMILES string of the molecule is O=C(O)[C@H]1COc2ncccc21.[2H]C([2H])([2H])c1cc(Cl)cc(Cl)c1CNCCCCCCCCCC. The molecule has 0 saturated heterocycles. The maximum absolute atomic E-state index is 10.7. The summed E-state index contributed by atoms with van der Waals surface area (Å²) in [6, 6.07) is 6.54. The summed E-state index contributed by atoms with van der Waals surface area (Å²) in [5, 5.41) is 12.8. The number of carboxylic acid groups (broad SMARTS) is 1. The number of halogens is 2. The molecule has 5 nitrogen and oxygen atoms in total. The molecule has 1 aliphatic heterocycles. The average molecular weight is 499 g/mol. The molecule has 1 aliphatic rings. The molecule has 0 radical (unpaired) electrons. The van der Waals surface area contributed by atoms with Gasteiger partial charge in [-0.1, -0.05) is 81.1 Å². The Morgan fingerprint density at radius 3 is 2.64 bits per heavy atom. The van der Waals surface area contributed by atoms with Gasteiger partial charge in [-0.15, -0.1) is 0 Å². The van der Waals surface area contributed by atoms with E-state index in [9.17, 15) is 4.79 Å². The number of hydrogen-bond acceptors (Lipinski definition) is 4. The molecule has 0 amide bonds. The van der Waals surface area contributed by atoms with Gasteiger partial charge >= 0.3 is 5.97 Å². The molecule has 0 unspecified atom stereocenters. The van der Waals surface area contributed by atoms with Gasteiger partial charge in [-0.05, 0) is 49.1 Å². The van der Waals surface area contributed by atoms with Crippen molar-refractivity contribution in [2.24, 2.45) is 0 Å². The third-order valence-corrected chi connectivity index (χ3v) is 6.09. The second kappa shape index (κ2) is 15.2. The molecule has 2 aromatic rings. The van der Waals surface area contributed by atoms with Crippen LogP contribution in [0, 0.1) is 6.85 Å². The van der Waals surface area contributed by atoms with Crippen LogP contribution < -0.4 is 10.1 Å². The largest absolute Gasteiger partial charge is 0.481 e. The van der Waals surface area contributed by atoms with Gasteiger partial charge < -0.3 is 15.2 Å². The maximum atomic E-state index is 10.7. The van der Waals surface area contributed by atoms with E-state index in [0.29, 0.717) is 33.6 Å². The Labute approximate surface area is 212 Å². The van der Waals surface area contributed by atoms with Gasteiger partial charge in [-0.25, -0.2) is 4.98 Å². The van der Waals surface area contributed by atoms with Crippen molar-refractivity contribution in [3.8, 4) is 5.88 Å². The lowest BCUT2D eigenvalue weighted by atomic mass is 10.0. The van der Waals surface area contributed by atoms with Crippen molar-refractivity contribution in [1.29, 1.82) is 0 Å². The zero-order valence-corrected chi connectivity index (χ0v) is 20.7. The number of nitrogens with one attached hydrogen (secondary N) is 1. The minimum absolute atomic E-state index is 0.196. The van der Waals surface area contributed by atoms with E-state index < -0.39 is 18.7 Å². The van der Waals surface area contributed by atoms with E-state index in [-0.39, 0.29) is 12.2 Å². The lowest BCUT2D eigenvalue weighted by Gasteiger charge is -2.10. The number of rotatable bonds is 12. The molecule has 1 aromatic carbocycles. The van der Waals surface area contributed by atoms with Crippen LogP contribution in [0.2, 0.25) is 10.0 Å². The van der Waals surface area contributed by atoms with Crippen molar-refractivity contribution in [2.75, 3.05) is 13.2 Å². The van der Waals surface area contributed by atoms with Gasteiger partial charge in [0.15, 0.2) is 0 Å². The Kier molecular flexibility index (Phi) is 10.5. The predicted octanol–water partition coefficient (Wildman–Crippen LogP) is 7.17. The number of pyridine rings is 1.